The van der Waals surface area contributed by atoms with E-state index in [1.54, 1.807) is 6.07 Å². The van der Waals surface area contributed by atoms with Crippen LogP contribution in [-0.2, 0) is 11.3 Å². The maximum atomic E-state index is 9.58. The van der Waals surface area contributed by atoms with E-state index in [2.05, 4.69) is 5.32 Å². The summed E-state index contributed by atoms with van der Waals surface area (Å²) in [5.41, 5.74) is 1.11. The van der Waals surface area contributed by atoms with Crippen LogP contribution < -0.4 is 10.1 Å². The van der Waals surface area contributed by atoms with Crippen LogP contribution in [0.25, 0.3) is 0 Å². The summed E-state index contributed by atoms with van der Waals surface area (Å²) in [4.78, 5) is 0. The molecule has 0 radical (unpaired) electrons. The summed E-state index contributed by atoms with van der Waals surface area (Å²) in [7, 11) is 0. The first-order valence-corrected chi connectivity index (χ1v) is 6.05. The number of nitrogens with one attached hydrogen (secondary N) is 1. The number of rotatable bonds is 5. The maximum Gasteiger partial charge on any atom is 0.161 e. The van der Waals surface area contributed by atoms with Gasteiger partial charge in [0.15, 0.2) is 11.5 Å². The van der Waals surface area contributed by atoms with Crippen molar-refractivity contribution in [3.8, 4) is 11.5 Å². The van der Waals surface area contributed by atoms with Gasteiger partial charge in [-0.25, -0.2) is 0 Å². The second-order valence-corrected chi connectivity index (χ2v) is 4.18. The van der Waals surface area contributed by atoms with Crippen LogP contribution in [-0.4, -0.2) is 31.0 Å². The molecule has 94 valence electrons. The van der Waals surface area contributed by atoms with E-state index >= 15 is 0 Å². The minimum Gasteiger partial charge on any atom is -0.504 e. The predicted molar refractivity (Wildman–Crippen MR) is 65.3 cm³/mol. The van der Waals surface area contributed by atoms with Gasteiger partial charge in [0.05, 0.1) is 13.2 Å². The summed E-state index contributed by atoms with van der Waals surface area (Å²) in [6.07, 6.45) is 1.07. The third kappa shape index (κ3) is 3.35. The van der Waals surface area contributed by atoms with Crippen molar-refractivity contribution in [2.45, 2.75) is 25.9 Å². The lowest BCUT2D eigenvalue weighted by atomic mass is 10.2. The van der Waals surface area contributed by atoms with E-state index in [4.69, 9.17) is 9.47 Å². The molecule has 0 aliphatic carbocycles. The molecule has 2 rings (SSSR count). The fourth-order valence-electron chi connectivity index (χ4n) is 1.90. The molecule has 0 aromatic heterocycles. The minimum absolute atomic E-state index is 0.194. The van der Waals surface area contributed by atoms with Gasteiger partial charge in [-0.1, -0.05) is 6.07 Å². The van der Waals surface area contributed by atoms with Crippen LogP contribution in [0, 0.1) is 0 Å². The first-order chi connectivity index (χ1) is 8.29. The first kappa shape index (κ1) is 12.2. The van der Waals surface area contributed by atoms with E-state index in [-0.39, 0.29) is 5.75 Å². The molecule has 1 aliphatic heterocycles. The molecular formula is C13H19NO3. The standard InChI is InChI=1S/C13H19NO3/c1-2-17-13-7-10(3-4-12(13)15)8-14-11-5-6-16-9-11/h3-4,7,11,14-15H,2,5-6,8-9H2,1H3. The highest BCUT2D eigenvalue weighted by molar-refractivity contribution is 5.41. The van der Waals surface area contributed by atoms with Crippen LogP contribution in [0.3, 0.4) is 0 Å². The molecule has 0 spiro atoms. The molecule has 1 fully saturated rings. The van der Waals surface area contributed by atoms with E-state index in [0.29, 0.717) is 18.4 Å². The molecule has 0 amide bonds. The number of aromatic hydroxyl groups is 1. The third-order valence-electron chi connectivity index (χ3n) is 2.85. The van der Waals surface area contributed by atoms with Crippen molar-refractivity contribution in [2.75, 3.05) is 19.8 Å². The monoisotopic (exact) mass is 237 g/mol. The fraction of sp³-hybridized carbons (Fsp3) is 0.538. The van der Waals surface area contributed by atoms with Crippen molar-refractivity contribution in [3.63, 3.8) is 0 Å². The largest absolute Gasteiger partial charge is 0.504 e. The summed E-state index contributed by atoms with van der Waals surface area (Å²) < 4.78 is 10.6. The van der Waals surface area contributed by atoms with Crippen LogP contribution >= 0.6 is 0 Å². The fourth-order valence-corrected chi connectivity index (χ4v) is 1.90. The Morgan fingerprint density at radius 2 is 2.41 bits per heavy atom. The van der Waals surface area contributed by atoms with Gasteiger partial charge >= 0.3 is 0 Å². The maximum absolute atomic E-state index is 9.58. The van der Waals surface area contributed by atoms with Crippen LogP contribution in [0.15, 0.2) is 18.2 Å². The van der Waals surface area contributed by atoms with Crippen LogP contribution in [0.5, 0.6) is 11.5 Å². The van der Waals surface area contributed by atoms with Crippen LogP contribution in [0.4, 0.5) is 0 Å². The van der Waals surface area contributed by atoms with Gasteiger partial charge in [-0.3, -0.25) is 0 Å². The highest BCUT2D eigenvalue weighted by Gasteiger charge is 2.14. The molecule has 1 saturated heterocycles. The number of benzene rings is 1. The third-order valence-corrected chi connectivity index (χ3v) is 2.85. The average Bonchev–Trinajstić information content (AvgIpc) is 2.83. The van der Waals surface area contributed by atoms with E-state index in [1.807, 2.05) is 19.1 Å². The predicted octanol–water partition coefficient (Wildman–Crippen LogP) is 1.67. The molecule has 1 heterocycles. The van der Waals surface area contributed by atoms with Gasteiger partial charge in [0.2, 0.25) is 0 Å². The van der Waals surface area contributed by atoms with Crippen LogP contribution in [0.1, 0.15) is 18.9 Å². The molecule has 0 saturated carbocycles. The summed E-state index contributed by atoms with van der Waals surface area (Å²) in [6.45, 7) is 4.86. The van der Waals surface area contributed by atoms with E-state index in [0.717, 1.165) is 31.7 Å². The smallest absolute Gasteiger partial charge is 0.161 e. The molecule has 4 heteroatoms. The SMILES string of the molecule is CCOc1cc(CNC2CCOC2)ccc1O. The molecule has 1 aliphatic rings. The molecule has 1 unspecified atom stereocenters. The highest BCUT2D eigenvalue weighted by Crippen LogP contribution is 2.26. The van der Waals surface area contributed by atoms with Crippen molar-refractivity contribution in [1.29, 1.82) is 0 Å². The quantitative estimate of drug-likeness (QED) is 0.818. The van der Waals surface area contributed by atoms with Gasteiger partial charge in [-0.2, -0.15) is 0 Å². The zero-order chi connectivity index (χ0) is 12.1. The number of hydrogen-bond acceptors (Lipinski definition) is 4. The van der Waals surface area contributed by atoms with Crippen molar-refractivity contribution >= 4 is 0 Å². The molecule has 0 bridgehead atoms. The lowest BCUT2D eigenvalue weighted by Crippen LogP contribution is -2.28. The van der Waals surface area contributed by atoms with E-state index in [1.165, 1.54) is 0 Å². The van der Waals surface area contributed by atoms with Crippen molar-refractivity contribution in [3.05, 3.63) is 23.8 Å². The lowest BCUT2D eigenvalue weighted by molar-refractivity contribution is 0.190. The Labute approximate surface area is 102 Å². The summed E-state index contributed by atoms with van der Waals surface area (Å²) in [5, 5.41) is 13.0. The van der Waals surface area contributed by atoms with E-state index < -0.39 is 0 Å². The number of phenolic OH excluding ortho intramolecular Hbond substituents is 1. The van der Waals surface area contributed by atoms with Gasteiger partial charge in [-0.05, 0) is 31.0 Å². The van der Waals surface area contributed by atoms with Gasteiger partial charge in [-0.15, -0.1) is 0 Å². The van der Waals surface area contributed by atoms with Crippen molar-refractivity contribution < 1.29 is 14.6 Å². The highest BCUT2D eigenvalue weighted by atomic mass is 16.5. The lowest BCUT2D eigenvalue weighted by Gasteiger charge is -2.12. The zero-order valence-electron chi connectivity index (χ0n) is 10.1. The molecular weight excluding hydrogens is 218 g/mol. The first-order valence-electron chi connectivity index (χ1n) is 6.05. The normalized spacial score (nSPS) is 19.5. The van der Waals surface area contributed by atoms with Crippen molar-refractivity contribution in [1.82, 2.24) is 5.32 Å². The average molecular weight is 237 g/mol. The van der Waals surface area contributed by atoms with Gasteiger partial charge in [0.1, 0.15) is 0 Å². The Hall–Kier alpha value is -1.26. The zero-order valence-corrected chi connectivity index (χ0v) is 10.1. The number of ether oxygens (including phenoxy) is 2. The number of hydrogen-bond donors (Lipinski definition) is 2. The van der Waals surface area contributed by atoms with Gasteiger partial charge in [0, 0.05) is 19.2 Å². The summed E-state index contributed by atoms with van der Waals surface area (Å²) in [6, 6.07) is 5.90. The number of phenols is 1. The van der Waals surface area contributed by atoms with Gasteiger partial charge in [0.25, 0.3) is 0 Å². The Balaban J connectivity index is 1.93. The topological polar surface area (TPSA) is 50.7 Å². The minimum atomic E-state index is 0.194. The second kappa shape index (κ2) is 5.89. The Bertz CT molecular complexity index is 362. The molecule has 2 N–H and O–H groups in total. The van der Waals surface area contributed by atoms with Crippen LogP contribution in [0.2, 0.25) is 0 Å². The molecule has 1 aromatic rings. The molecule has 1 atom stereocenters. The van der Waals surface area contributed by atoms with Crippen molar-refractivity contribution in [2.24, 2.45) is 0 Å². The molecule has 1 aromatic carbocycles. The van der Waals surface area contributed by atoms with E-state index in [9.17, 15) is 5.11 Å². The summed E-state index contributed by atoms with van der Waals surface area (Å²) in [5.74, 6) is 0.745. The molecule has 4 nitrogen and oxygen atoms in total. The Morgan fingerprint density at radius 3 is 3.12 bits per heavy atom. The Kier molecular flexibility index (Phi) is 4.23. The second-order valence-electron chi connectivity index (χ2n) is 4.18. The summed E-state index contributed by atoms with van der Waals surface area (Å²) >= 11 is 0. The molecule has 17 heavy (non-hydrogen) atoms. The van der Waals surface area contributed by atoms with Gasteiger partial charge < -0.3 is 19.9 Å². The Morgan fingerprint density at radius 1 is 1.53 bits per heavy atom.